The van der Waals surface area contributed by atoms with Crippen molar-refractivity contribution < 1.29 is 37.6 Å². The van der Waals surface area contributed by atoms with Crippen molar-refractivity contribution in [3.05, 3.63) is 60.8 Å². The topological polar surface area (TPSA) is 134 Å². The Morgan fingerprint density at radius 2 is 1.04 bits per heavy atom. The average Bonchev–Trinajstić information content (AvgIpc) is 3.14. The fourth-order valence-corrected chi connectivity index (χ4v) is 6.09. The van der Waals surface area contributed by atoms with E-state index >= 15 is 0 Å². The summed E-state index contributed by atoms with van der Waals surface area (Å²) in [6.07, 6.45) is 45.3. The summed E-state index contributed by atoms with van der Waals surface area (Å²) in [5.74, 6) is -0.862. The summed E-state index contributed by atoms with van der Waals surface area (Å²) in [5, 5.41) is 0. The largest absolute Gasteiger partial charge is 0.472 e. The Labute approximate surface area is 323 Å². The zero-order valence-corrected chi connectivity index (χ0v) is 34.4. The zero-order chi connectivity index (χ0) is 38.9. The highest BCUT2D eigenvalue weighted by molar-refractivity contribution is 7.47. The van der Waals surface area contributed by atoms with Crippen LogP contribution in [0.5, 0.6) is 0 Å². The molecule has 0 amide bonds. The SMILES string of the molecule is CC/C=C\C/C=C\C/C=C\CCCCCCCC(=O)O[C@H](COC(=O)CCCCCCCCC/C=C\C/C=C\CCCCC)COP(=O)(O)OCCN. The second-order valence-electron chi connectivity index (χ2n) is 13.5. The standard InChI is InChI=1S/C43H76NO8P/c1-3-5-7-9-11-13-15-17-19-20-22-23-25-27-29-31-33-35-42(45)49-39-41(40-51-53(47,48)50-38-37-44)52-43(46)36-34-32-30-28-26-24-21-18-16-14-12-10-8-6-4-2/h6,8,11-14,17-19,21,41H,3-5,7,9-10,15-16,20,22-40,44H2,1-2H3,(H,47,48)/b8-6-,13-11-,14-12-,19-17-,21-18-/t41-/m1/s1. The zero-order valence-electron chi connectivity index (χ0n) is 33.5. The van der Waals surface area contributed by atoms with Gasteiger partial charge in [-0.15, -0.1) is 0 Å². The molecule has 0 rings (SSSR count). The lowest BCUT2D eigenvalue weighted by Crippen LogP contribution is -2.29. The van der Waals surface area contributed by atoms with E-state index in [0.29, 0.717) is 6.42 Å². The molecule has 9 nitrogen and oxygen atoms in total. The number of ether oxygens (including phenoxy) is 2. The molecule has 0 aliphatic rings. The predicted molar refractivity (Wildman–Crippen MR) is 219 cm³/mol. The van der Waals surface area contributed by atoms with E-state index in [1.54, 1.807) is 0 Å². The van der Waals surface area contributed by atoms with Crippen molar-refractivity contribution in [1.29, 1.82) is 0 Å². The number of phosphoric acid groups is 1. The summed E-state index contributed by atoms with van der Waals surface area (Å²) in [7, 11) is -4.38. The fourth-order valence-electron chi connectivity index (χ4n) is 5.32. The van der Waals surface area contributed by atoms with E-state index in [4.69, 9.17) is 24.3 Å². The van der Waals surface area contributed by atoms with Gasteiger partial charge < -0.3 is 20.1 Å². The van der Waals surface area contributed by atoms with Crippen LogP contribution in [0.2, 0.25) is 0 Å². The van der Waals surface area contributed by atoms with Crippen LogP contribution in [0.1, 0.15) is 168 Å². The maximum absolute atomic E-state index is 12.6. The number of esters is 2. The minimum atomic E-state index is -4.38. The van der Waals surface area contributed by atoms with Crippen molar-refractivity contribution in [3.8, 4) is 0 Å². The van der Waals surface area contributed by atoms with Crippen molar-refractivity contribution >= 4 is 19.8 Å². The third kappa shape index (κ3) is 39.2. The maximum Gasteiger partial charge on any atom is 0.472 e. The average molecular weight is 766 g/mol. The van der Waals surface area contributed by atoms with Crippen LogP contribution in [0.3, 0.4) is 0 Å². The number of nitrogens with two attached hydrogens (primary N) is 1. The van der Waals surface area contributed by atoms with Gasteiger partial charge in [0, 0.05) is 19.4 Å². The molecule has 0 saturated carbocycles. The molecule has 2 atom stereocenters. The Bertz CT molecular complexity index is 1050. The molecule has 0 aromatic carbocycles. The molecule has 0 spiro atoms. The molecule has 0 fully saturated rings. The highest BCUT2D eigenvalue weighted by atomic mass is 31.2. The normalized spacial score (nSPS) is 14.0. The first-order valence-corrected chi connectivity index (χ1v) is 22.3. The molecular weight excluding hydrogens is 689 g/mol. The van der Waals surface area contributed by atoms with Crippen LogP contribution in [-0.2, 0) is 32.7 Å². The number of hydrogen-bond acceptors (Lipinski definition) is 8. The molecule has 0 aromatic heterocycles. The number of hydrogen-bond donors (Lipinski definition) is 2. The summed E-state index contributed by atoms with van der Waals surface area (Å²) in [4.78, 5) is 34.8. The molecule has 10 heteroatoms. The third-order valence-electron chi connectivity index (χ3n) is 8.39. The summed E-state index contributed by atoms with van der Waals surface area (Å²) in [6, 6.07) is 0. The van der Waals surface area contributed by atoms with Gasteiger partial charge in [0.2, 0.25) is 0 Å². The number of unbranched alkanes of at least 4 members (excludes halogenated alkanes) is 15. The van der Waals surface area contributed by atoms with Gasteiger partial charge in [0.05, 0.1) is 13.2 Å². The Morgan fingerprint density at radius 3 is 1.55 bits per heavy atom. The third-order valence-corrected chi connectivity index (χ3v) is 9.37. The van der Waals surface area contributed by atoms with E-state index in [0.717, 1.165) is 89.9 Å². The molecule has 3 N–H and O–H groups in total. The second kappa shape index (κ2) is 39.4. The van der Waals surface area contributed by atoms with Gasteiger partial charge in [0.15, 0.2) is 6.10 Å². The number of phosphoric ester groups is 1. The van der Waals surface area contributed by atoms with Gasteiger partial charge in [0.25, 0.3) is 0 Å². The Kier molecular flexibility index (Phi) is 37.7. The minimum absolute atomic E-state index is 0.0465. The Hall–Kier alpha value is -2.29. The van der Waals surface area contributed by atoms with Crippen molar-refractivity contribution in [3.63, 3.8) is 0 Å². The van der Waals surface area contributed by atoms with E-state index in [9.17, 15) is 19.0 Å². The quantitative estimate of drug-likeness (QED) is 0.0272. The Morgan fingerprint density at radius 1 is 0.585 bits per heavy atom. The fraction of sp³-hybridized carbons (Fsp3) is 0.721. The molecule has 306 valence electrons. The summed E-state index contributed by atoms with van der Waals surface area (Å²) < 4.78 is 32.7. The van der Waals surface area contributed by atoms with E-state index < -0.39 is 32.5 Å². The van der Waals surface area contributed by atoms with E-state index in [-0.39, 0.29) is 32.6 Å². The molecule has 0 bridgehead atoms. The highest BCUT2D eigenvalue weighted by Gasteiger charge is 2.25. The maximum atomic E-state index is 12.6. The van der Waals surface area contributed by atoms with Crippen LogP contribution in [0, 0.1) is 0 Å². The number of rotatable bonds is 38. The van der Waals surface area contributed by atoms with Gasteiger partial charge in [-0.1, -0.05) is 139 Å². The molecule has 1 unspecified atom stereocenters. The summed E-state index contributed by atoms with van der Waals surface area (Å²) in [6.45, 7) is 3.55. The predicted octanol–water partition coefficient (Wildman–Crippen LogP) is 11.7. The summed E-state index contributed by atoms with van der Waals surface area (Å²) in [5.41, 5.74) is 5.34. The van der Waals surface area contributed by atoms with E-state index in [1.165, 1.54) is 44.9 Å². The van der Waals surface area contributed by atoms with Crippen LogP contribution < -0.4 is 5.73 Å². The van der Waals surface area contributed by atoms with Crippen molar-refractivity contribution in [2.75, 3.05) is 26.4 Å². The van der Waals surface area contributed by atoms with Gasteiger partial charge in [-0.2, -0.15) is 0 Å². The van der Waals surface area contributed by atoms with Gasteiger partial charge in [-0.3, -0.25) is 18.6 Å². The van der Waals surface area contributed by atoms with Gasteiger partial charge >= 0.3 is 19.8 Å². The van der Waals surface area contributed by atoms with Gasteiger partial charge in [0.1, 0.15) is 6.61 Å². The van der Waals surface area contributed by atoms with E-state index in [2.05, 4.69) is 74.6 Å². The van der Waals surface area contributed by atoms with Crippen LogP contribution >= 0.6 is 7.82 Å². The lowest BCUT2D eigenvalue weighted by atomic mass is 10.1. The van der Waals surface area contributed by atoms with E-state index in [1.807, 2.05) is 0 Å². The molecular formula is C43H76NO8P. The second-order valence-corrected chi connectivity index (χ2v) is 14.9. The van der Waals surface area contributed by atoms with Crippen LogP contribution in [-0.4, -0.2) is 49.3 Å². The first-order valence-electron chi connectivity index (χ1n) is 20.8. The first-order chi connectivity index (χ1) is 25.8. The van der Waals surface area contributed by atoms with Crippen LogP contribution in [0.15, 0.2) is 60.8 Å². The molecule has 0 aromatic rings. The van der Waals surface area contributed by atoms with Gasteiger partial charge in [-0.25, -0.2) is 4.57 Å². The van der Waals surface area contributed by atoms with Crippen molar-refractivity contribution in [1.82, 2.24) is 0 Å². The van der Waals surface area contributed by atoms with Crippen LogP contribution in [0.25, 0.3) is 0 Å². The highest BCUT2D eigenvalue weighted by Crippen LogP contribution is 2.43. The minimum Gasteiger partial charge on any atom is -0.462 e. The molecule has 0 radical (unpaired) electrons. The molecule has 0 heterocycles. The van der Waals surface area contributed by atoms with Gasteiger partial charge in [-0.05, 0) is 77.0 Å². The first kappa shape index (κ1) is 50.7. The monoisotopic (exact) mass is 766 g/mol. The van der Waals surface area contributed by atoms with Crippen molar-refractivity contribution in [2.24, 2.45) is 5.73 Å². The Balaban J connectivity index is 4.22. The molecule has 53 heavy (non-hydrogen) atoms. The smallest absolute Gasteiger partial charge is 0.462 e. The lowest BCUT2D eigenvalue weighted by molar-refractivity contribution is -0.161. The summed E-state index contributed by atoms with van der Waals surface area (Å²) >= 11 is 0. The lowest BCUT2D eigenvalue weighted by Gasteiger charge is -2.19. The number of allylic oxidation sites excluding steroid dienone is 10. The van der Waals surface area contributed by atoms with Crippen LogP contribution in [0.4, 0.5) is 0 Å². The molecule has 0 aliphatic carbocycles. The molecule has 0 aliphatic heterocycles. The number of carbonyl (C=O) groups is 2. The van der Waals surface area contributed by atoms with Crippen molar-refractivity contribution in [2.45, 2.75) is 174 Å². The number of carbonyl (C=O) groups excluding carboxylic acids is 2. The molecule has 0 saturated heterocycles.